The Kier molecular flexibility index (Phi) is 3.39. The molecule has 1 aliphatic rings. The molecule has 1 aliphatic heterocycles. The van der Waals surface area contributed by atoms with Crippen LogP contribution in [0.4, 0.5) is 0 Å². The fourth-order valence-corrected chi connectivity index (χ4v) is 2.97. The summed E-state index contributed by atoms with van der Waals surface area (Å²) >= 11 is 1.87. The zero-order valence-electron chi connectivity index (χ0n) is 9.19. The van der Waals surface area contributed by atoms with Crippen molar-refractivity contribution in [2.24, 2.45) is 0 Å². The van der Waals surface area contributed by atoms with Crippen LogP contribution in [0.15, 0.2) is 18.2 Å². The fraction of sp³-hybridized carbons (Fsp3) is 0.417. The van der Waals surface area contributed by atoms with E-state index in [0.717, 1.165) is 23.5 Å². The Morgan fingerprint density at radius 3 is 3.00 bits per heavy atom. The van der Waals surface area contributed by atoms with E-state index < -0.39 is 0 Å². The molecular formula is C12H15NO2S. The third-order valence-electron chi connectivity index (χ3n) is 2.72. The van der Waals surface area contributed by atoms with Gasteiger partial charge < -0.3 is 10.4 Å². The van der Waals surface area contributed by atoms with Crippen molar-refractivity contribution in [3.8, 4) is 5.75 Å². The van der Waals surface area contributed by atoms with Crippen LogP contribution in [-0.2, 0) is 0 Å². The molecule has 0 saturated carbocycles. The van der Waals surface area contributed by atoms with E-state index in [0.29, 0.717) is 11.6 Å². The number of aromatic hydroxyl groups is 1. The maximum absolute atomic E-state index is 11.9. The van der Waals surface area contributed by atoms with Gasteiger partial charge in [0.25, 0.3) is 5.91 Å². The summed E-state index contributed by atoms with van der Waals surface area (Å²) in [5.74, 6) is 2.29. The first-order valence-electron chi connectivity index (χ1n) is 5.35. The van der Waals surface area contributed by atoms with Gasteiger partial charge in [-0.25, -0.2) is 0 Å². The minimum atomic E-state index is -0.0370. The molecule has 16 heavy (non-hydrogen) atoms. The number of thioether (sulfide) groups is 1. The van der Waals surface area contributed by atoms with Crippen molar-refractivity contribution >= 4 is 17.7 Å². The van der Waals surface area contributed by atoms with E-state index in [1.165, 1.54) is 0 Å². The number of hydrogen-bond acceptors (Lipinski definition) is 3. The standard InChI is InChI=1S/C12H15NO2S/c1-8-6-10(14)2-3-11(8)12(15)13-9-4-5-16-7-9/h2-3,6,9,14H,4-5,7H2,1H3,(H,13,15). The first-order chi connectivity index (χ1) is 7.66. The van der Waals surface area contributed by atoms with Gasteiger partial charge in [-0.05, 0) is 42.9 Å². The molecule has 0 aliphatic carbocycles. The molecule has 0 aromatic heterocycles. The molecule has 1 atom stereocenters. The molecule has 1 saturated heterocycles. The topological polar surface area (TPSA) is 49.3 Å². The Bertz CT molecular complexity index is 400. The smallest absolute Gasteiger partial charge is 0.251 e. The summed E-state index contributed by atoms with van der Waals surface area (Å²) in [6, 6.07) is 5.12. The lowest BCUT2D eigenvalue weighted by molar-refractivity contribution is 0.0940. The number of phenolic OH excluding ortho intramolecular Hbond substituents is 1. The Labute approximate surface area is 99.2 Å². The highest BCUT2D eigenvalue weighted by atomic mass is 32.2. The lowest BCUT2D eigenvalue weighted by atomic mass is 10.1. The van der Waals surface area contributed by atoms with E-state index in [2.05, 4.69) is 5.32 Å². The Hall–Kier alpha value is -1.16. The molecule has 4 heteroatoms. The number of rotatable bonds is 2. The first kappa shape index (κ1) is 11.3. The monoisotopic (exact) mass is 237 g/mol. The minimum Gasteiger partial charge on any atom is -0.508 e. The van der Waals surface area contributed by atoms with Gasteiger partial charge in [0.2, 0.25) is 0 Å². The van der Waals surface area contributed by atoms with Gasteiger partial charge in [-0.15, -0.1) is 0 Å². The number of benzene rings is 1. The SMILES string of the molecule is Cc1cc(O)ccc1C(=O)NC1CCSC1. The molecule has 2 rings (SSSR count). The van der Waals surface area contributed by atoms with Crippen molar-refractivity contribution in [3.63, 3.8) is 0 Å². The van der Waals surface area contributed by atoms with Gasteiger partial charge in [0.1, 0.15) is 5.75 Å². The highest BCUT2D eigenvalue weighted by Gasteiger charge is 2.19. The average molecular weight is 237 g/mol. The number of amides is 1. The van der Waals surface area contributed by atoms with Gasteiger partial charge in [0.05, 0.1) is 0 Å². The van der Waals surface area contributed by atoms with Crippen LogP contribution in [-0.4, -0.2) is 28.6 Å². The second kappa shape index (κ2) is 4.78. The predicted molar refractivity (Wildman–Crippen MR) is 66.0 cm³/mol. The zero-order valence-corrected chi connectivity index (χ0v) is 10.0. The number of carbonyl (C=O) groups excluding carboxylic acids is 1. The molecule has 1 aromatic rings. The number of hydrogen-bond donors (Lipinski definition) is 2. The van der Waals surface area contributed by atoms with Gasteiger partial charge in [0, 0.05) is 17.4 Å². The number of carbonyl (C=O) groups is 1. The third-order valence-corrected chi connectivity index (χ3v) is 3.88. The Morgan fingerprint density at radius 2 is 2.38 bits per heavy atom. The molecule has 0 spiro atoms. The molecule has 86 valence electrons. The number of aryl methyl sites for hydroxylation is 1. The van der Waals surface area contributed by atoms with Crippen LogP contribution < -0.4 is 5.32 Å². The highest BCUT2D eigenvalue weighted by Crippen LogP contribution is 2.19. The van der Waals surface area contributed by atoms with Gasteiger partial charge in [-0.2, -0.15) is 11.8 Å². The van der Waals surface area contributed by atoms with Crippen LogP contribution in [0.3, 0.4) is 0 Å². The normalized spacial score (nSPS) is 19.7. The molecule has 1 amide bonds. The van der Waals surface area contributed by atoms with E-state index >= 15 is 0 Å². The summed E-state index contributed by atoms with van der Waals surface area (Å²) in [4.78, 5) is 11.9. The molecule has 0 bridgehead atoms. The van der Waals surface area contributed by atoms with Crippen LogP contribution in [0.2, 0.25) is 0 Å². The first-order valence-corrected chi connectivity index (χ1v) is 6.50. The summed E-state index contributed by atoms with van der Waals surface area (Å²) in [7, 11) is 0. The van der Waals surface area contributed by atoms with E-state index in [4.69, 9.17) is 0 Å². The maximum atomic E-state index is 11.9. The van der Waals surface area contributed by atoms with Crippen molar-refractivity contribution in [2.45, 2.75) is 19.4 Å². The number of phenols is 1. The Morgan fingerprint density at radius 1 is 1.56 bits per heavy atom. The largest absolute Gasteiger partial charge is 0.508 e. The van der Waals surface area contributed by atoms with E-state index in [-0.39, 0.29) is 11.7 Å². The van der Waals surface area contributed by atoms with Crippen LogP contribution in [0.5, 0.6) is 5.75 Å². The fourth-order valence-electron chi connectivity index (χ4n) is 1.81. The predicted octanol–water partition coefficient (Wildman–Crippen LogP) is 1.94. The quantitative estimate of drug-likeness (QED) is 0.826. The lowest BCUT2D eigenvalue weighted by Crippen LogP contribution is -2.34. The summed E-state index contributed by atoms with van der Waals surface area (Å²) in [6.07, 6.45) is 1.05. The summed E-state index contributed by atoms with van der Waals surface area (Å²) in [5, 5.41) is 12.3. The maximum Gasteiger partial charge on any atom is 0.251 e. The van der Waals surface area contributed by atoms with Crippen molar-refractivity contribution in [1.82, 2.24) is 5.32 Å². The minimum absolute atomic E-state index is 0.0370. The van der Waals surface area contributed by atoms with E-state index in [1.807, 2.05) is 18.7 Å². The van der Waals surface area contributed by atoms with Crippen LogP contribution in [0, 0.1) is 6.92 Å². The second-order valence-corrected chi connectivity index (χ2v) is 5.18. The van der Waals surface area contributed by atoms with Crippen LogP contribution in [0.1, 0.15) is 22.3 Å². The molecule has 3 nitrogen and oxygen atoms in total. The van der Waals surface area contributed by atoms with Crippen LogP contribution >= 0.6 is 11.8 Å². The van der Waals surface area contributed by atoms with Crippen molar-refractivity contribution < 1.29 is 9.90 Å². The third kappa shape index (κ3) is 2.50. The summed E-state index contributed by atoms with van der Waals surface area (Å²) < 4.78 is 0. The van der Waals surface area contributed by atoms with E-state index in [9.17, 15) is 9.90 Å². The Balaban J connectivity index is 2.08. The zero-order chi connectivity index (χ0) is 11.5. The molecule has 1 aromatic carbocycles. The second-order valence-electron chi connectivity index (χ2n) is 4.03. The highest BCUT2D eigenvalue weighted by molar-refractivity contribution is 7.99. The molecule has 1 fully saturated rings. The van der Waals surface area contributed by atoms with Gasteiger partial charge in [-0.3, -0.25) is 4.79 Å². The number of nitrogens with one attached hydrogen (secondary N) is 1. The van der Waals surface area contributed by atoms with Crippen molar-refractivity contribution in [1.29, 1.82) is 0 Å². The van der Waals surface area contributed by atoms with E-state index in [1.54, 1.807) is 18.2 Å². The van der Waals surface area contributed by atoms with Gasteiger partial charge >= 0.3 is 0 Å². The molecule has 1 heterocycles. The van der Waals surface area contributed by atoms with Crippen molar-refractivity contribution in [3.05, 3.63) is 29.3 Å². The van der Waals surface area contributed by atoms with Gasteiger partial charge in [-0.1, -0.05) is 0 Å². The molecular weight excluding hydrogens is 222 g/mol. The van der Waals surface area contributed by atoms with Crippen LogP contribution in [0.25, 0.3) is 0 Å². The summed E-state index contributed by atoms with van der Waals surface area (Å²) in [5.41, 5.74) is 1.46. The molecule has 1 unspecified atom stereocenters. The molecule has 0 radical (unpaired) electrons. The van der Waals surface area contributed by atoms with Crippen molar-refractivity contribution in [2.75, 3.05) is 11.5 Å². The lowest BCUT2D eigenvalue weighted by Gasteiger charge is -2.12. The van der Waals surface area contributed by atoms with Gasteiger partial charge in [0.15, 0.2) is 0 Å². The molecule has 2 N–H and O–H groups in total. The summed E-state index contributed by atoms with van der Waals surface area (Å²) in [6.45, 7) is 1.83. The average Bonchev–Trinajstić information content (AvgIpc) is 2.70.